The van der Waals surface area contributed by atoms with E-state index in [1.54, 1.807) is 18.2 Å². The van der Waals surface area contributed by atoms with E-state index in [0.717, 1.165) is 0 Å². The van der Waals surface area contributed by atoms with Crippen LogP contribution in [0.1, 0.15) is 12.5 Å². The molecule has 1 atom stereocenters. The molecule has 1 unspecified atom stereocenters. The summed E-state index contributed by atoms with van der Waals surface area (Å²) < 4.78 is 31.5. The quantitative estimate of drug-likeness (QED) is 0.511. The molecule has 0 aliphatic carbocycles. The topological polar surface area (TPSA) is 86.6 Å². The number of para-hydroxylation sites is 1. The Labute approximate surface area is 93.2 Å². The number of anilines is 1. The van der Waals surface area contributed by atoms with Gasteiger partial charge in [0.05, 0.1) is 5.69 Å². The molecule has 0 fully saturated rings. The van der Waals surface area contributed by atoms with Gasteiger partial charge < -0.3 is 10.4 Å². The Balaban J connectivity index is 2.57. The first-order valence-electron chi connectivity index (χ1n) is 4.60. The van der Waals surface area contributed by atoms with Crippen LogP contribution in [-0.4, -0.2) is 22.9 Å². The molecule has 1 aromatic carbocycles. The van der Waals surface area contributed by atoms with Gasteiger partial charge in [-0.1, -0.05) is 18.2 Å². The Hall–Kier alpha value is -1.53. The maximum absolute atomic E-state index is 11.2. The fraction of sp³-hybridized carbons (Fsp3) is 0.200. The summed E-state index contributed by atoms with van der Waals surface area (Å²) in [7, 11) is -4.29. The van der Waals surface area contributed by atoms with E-state index in [1.165, 1.54) is 19.1 Å². The van der Waals surface area contributed by atoms with Crippen LogP contribution in [0.4, 0.5) is 5.69 Å². The Morgan fingerprint density at radius 3 is 2.69 bits per heavy atom. The smallest absolute Gasteiger partial charge is 0.292 e. The number of phenolic OH excluding ortho intramolecular Hbond substituents is 1. The zero-order valence-electron chi connectivity index (χ0n) is 8.51. The first-order chi connectivity index (χ1) is 7.33. The van der Waals surface area contributed by atoms with Gasteiger partial charge in [-0.05, 0) is 19.1 Å². The molecule has 0 amide bonds. The lowest BCUT2D eigenvalue weighted by Crippen LogP contribution is -2.42. The molecule has 0 saturated carbocycles. The van der Waals surface area contributed by atoms with Crippen LogP contribution in [0.5, 0.6) is 5.75 Å². The van der Waals surface area contributed by atoms with E-state index in [-0.39, 0.29) is 5.75 Å². The third kappa shape index (κ3) is 1.56. The largest absolute Gasteiger partial charge is 0.506 e. The Morgan fingerprint density at radius 1 is 1.38 bits per heavy atom. The van der Waals surface area contributed by atoms with Crippen LogP contribution < -0.4 is 5.32 Å². The number of phenols is 1. The van der Waals surface area contributed by atoms with Crippen LogP contribution in [0.25, 0.3) is 6.08 Å². The maximum Gasteiger partial charge on any atom is 0.292 e. The summed E-state index contributed by atoms with van der Waals surface area (Å²) in [6.45, 7) is 1.31. The highest BCUT2D eigenvalue weighted by molar-refractivity contribution is 7.87. The monoisotopic (exact) mass is 241 g/mol. The second kappa shape index (κ2) is 3.23. The minimum Gasteiger partial charge on any atom is -0.506 e. The number of hydrogen-bond donors (Lipinski definition) is 3. The van der Waals surface area contributed by atoms with E-state index >= 15 is 0 Å². The van der Waals surface area contributed by atoms with E-state index < -0.39 is 15.0 Å². The third-order valence-electron chi connectivity index (χ3n) is 2.56. The predicted octanol–water partition coefficient (Wildman–Crippen LogP) is 1.43. The lowest BCUT2D eigenvalue weighted by molar-refractivity contribution is 0.458. The summed E-state index contributed by atoms with van der Waals surface area (Å²) in [5, 5.41) is 12.2. The summed E-state index contributed by atoms with van der Waals surface area (Å²) >= 11 is 0. The molecule has 6 heteroatoms. The zero-order valence-corrected chi connectivity index (χ0v) is 9.32. The minimum atomic E-state index is -4.29. The number of benzene rings is 1. The Bertz CT molecular complexity index is 564. The molecule has 0 aromatic heterocycles. The average molecular weight is 241 g/mol. The van der Waals surface area contributed by atoms with Crippen molar-refractivity contribution >= 4 is 21.9 Å². The number of fused-ring (bicyclic) bond motifs is 1. The van der Waals surface area contributed by atoms with Crippen LogP contribution in [0.3, 0.4) is 0 Å². The first kappa shape index (κ1) is 11.0. The molecule has 0 radical (unpaired) electrons. The third-order valence-corrected chi connectivity index (χ3v) is 3.87. The standard InChI is InChI=1S/C10H11NO4S/c1-10(16(13,14)15)6-5-7-3-2-4-8(12)9(7)11-10/h2-6,11-12H,1H3,(H,13,14,15). The highest BCUT2D eigenvalue weighted by atomic mass is 32.2. The molecular formula is C10H11NO4S. The second-order valence-electron chi connectivity index (χ2n) is 3.78. The highest BCUT2D eigenvalue weighted by Crippen LogP contribution is 2.36. The molecule has 86 valence electrons. The van der Waals surface area contributed by atoms with Gasteiger partial charge in [0, 0.05) is 5.56 Å². The summed E-state index contributed by atoms with van der Waals surface area (Å²) in [4.78, 5) is -1.61. The lowest BCUT2D eigenvalue weighted by atomic mass is 10.1. The van der Waals surface area contributed by atoms with Gasteiger partial charge in [0.1, 0.15) is 5.75 Å². The van der Waals surface area contributed by atoms with Crippen LogP contribution in [-0.2, 0) is 10.1 Å². The van der Waals surface area contributed by atoms with Gasteiger partial charge in [0.2, 0.25) is 0 Å². The van der Waals surface area contributed by atoms with E-state index in [1.807, 2.05) is 0 Å². The van der Waals surface area contributed by atoms with Crippen molar-refractivity contribution in [3.63, 3.8) is 0 Å². The summed E-state index contributed by atoms with van der Waals surface area (Å²) in [5.74, 6) is -0.0586. The second-order valence-corrected chi connectivity index (χ2v) is 5.58. The fourth-order valence-corrected chi connectivity index (χ4v) is 1.99. The minimum absolute atomic E-state index is 0.0586. The summed E-state index contributed by atoms with van der Waals surface area (Å²) in [6.07, 6.45) is 2.88. The normalized spacial score (nSPS) is 23.6. The molecule has 0 spiro atoms. The number of nitrogens with one attached hydrogen (secondary N) is 1. The van der Waals surface area contributed by atoms with Crippen molar-refractivity contribution in [3.8, 4) is 5.75 Å². The first-order valence-corrected chi connectivity index (χ1v) is 6.04. The van der Waals surface area contributed by atoms with Crippen LogP contribution in [0, 0.1) is 0 Å². The summed E-state index contributed by atoms with van der Waals surface area (Å²) in [5.41, 5.74) is 0.964. The van der Waals surface area contributed by atoms with Gasteiger partial charge in [-0.15, -0.1) is 0 Å². The van der Waals surface area contributed by atoms with Crippen molar-refractivity contribution in [3.05, 3.63) is 29.8 Å². The molecule has 16 heavy (non-hydrogen) atoms. The number of hydrogen-bond acceptors (Lipinski definition) is 4. The van der Waals surface area contributed by atoms with E-state index in [9.17, 15) is 13.5 Å². The van der Waals surface area contributed by atoms with Crippen molar-refractivity contribution in [2.24, 2.45) is 0 Å². The van der Waals surface area contributed by atoms with Crippen molar-refractivity contribution in [2.45, 2.75) is 11.8 Å². The summed E-state index contributed by atoms with van der Waals surface area (Å²) in [6, 6.07) is 4.81. The van der Waals surface area contributed by atoms with Gasteiger partial charge in [0.15, 0.2) is 4.87 Å². The van der Waals surface area contributed by atoms with Gasteiger partial charge in [-0.25, -0.2) is 0 Å². The van der Waals surface area contributed by atoms with Gasteiger partial charge >= 0.3 is 0 Å². The molecular weight excluding hydrogens is 230 g/mol. The van der Waals surface area contributed by atoms with E-state index in [2.05, 4.69) is 5.32 Å². The van der Waals surface area contributed by atoms with E-state index in [4.69, 9.17) is 4.55 Å². The molecule has 1 aliphatic heterocycles. The highest BCUT2D eigenvalue weighted by Gasteiger charge is 2.38. The molecule has 0 bridgehead atoms. The molecule has 0 saturated heterocycles. The average Bonchev–Trinajstić information content (AvgIpc) is 2.18. The predicted molar refractivity (Wildman–Crippen MR) is 60.7 cm³/mol. The fourth-order valence-electron chi connectivity index (χ4n) is 1.52. The van der Waals surface area contributed by atoms with Crippen molar-refractivity contribution in [2.75, 3.05) is 5.32 Å². The van der Waals surface area contributed by atoms with Crippen LogP contribution in [0.2, 0.25) is 0 Å². The van der Waals surface area contributed by atoms with Crippen LogP contribution in [0.15, 0.2) is 24.3 Å². The van der Waals surface area contributed by atoms with Gasteiger partial charge in [0.25, 0.3) is 10.1 Å². The van der Waals surface area contributed by atoms with E-state index in [0.29, 0.717) is 11.3 Å². The molecule has 2 rings (SSSR count). The Morgan fingerprint density at radius 2 is 2.06 bits per heavy atom. The number of aromatic hydroxyl groups is 1. The molecule has 1 heterocycles. The number of rotatable bonds is 1. The maximum atomic E-state index is 11.2. The molecule has 3 N–H and O–H groups in total. The SMILES string of the molecule is CC1(S(=O)(=O)O)C=Cc2cccc(O)c2N1. The van der Waals surface area contributed by atoms with Crippen molar-refractivity contribution in [1.82, 2.24) is 0 Å². The van der Waals surface area contributed by atoms with Crippen molar-refractivity contribution < 1.29 is 18.1 Å². The van der Waals surface area contributed by atoms with Crippen LogP contribution >= 0.6 is 0 Å². The van der Waals surface area contributed by atoms with Gasteiger partial charge in [-0.3, -0.25) is 4.55 Å². The zero-order chi connectivity index (χ0) is 12.0. The Kier molecular flexibility index (Phi) is 2.21. The lowest BCUT2D eigenvalue weighted by Gasteiger charge is -2.29. The molecule has 5 nitrogen and oxygen atoms in total. The van der Waals surface area contributed by atoms with Crippen molar-refractivity contribution in [1.29, 1.82) is 0 Å². The molecule has 1 aliphatic rings. The molecule has 1 aromatic rings. The van der Waals surface area contributed by atoms with Gasteiger partial charge in [-0.2, -0.15) is 8.42 Å².